The molecule has 3 heteroatoms. The van der Waals surface area contributed by atoms with Crippen LogP contribution in [0, 0.1) is 12.7 Å². The number of hydrogen-bond donors (Lipinski definition) is 1. The highest BCUT2D eigenvalue weighted by molar-refractivity contribution is 5.85. The van der Waals surface area contributed by atoms with Crippen LogP contribution in [0.4, 0.5) is 4.39 Å². The Labute approximate surface area is 107 Å². The number of aryl methyl sites for hydroxylation is 2. The minimum Gasteiger partial charge on any atom is -0.459 e. The molecule has 0 fully saturated rings. The summed E-state index contributed by atoms with van der Waals surface area (Å²) in [6.07, 6.45) is 1.96. The highest BCUT2D eigenvalue weighted by Gasteiger charge is 2.15. The van der Waals surface area contributed by atoms with Crippen molar-refractivity contribution in [2.45, 2.75) is 40.2 Å². The van der Waals surface area contributed by atoms with E-state index in [-0.39, 0.29) is 5.82 Å². The molecular weight excluding hydrogens is 229 g/mol. The van der Waals surface area contributed by atoms with Gasteiger partial charge in [0.15, 0.2) is 0 Å². The Balaban J connectivity index is 2.55. The fraction of sp³-hybridized carbons (Fsp3) is 0.467. The van der Waals surface area contributed by atoms with Crippen molar-refractivity contribution in [1.29, 1.82) is 0 Å². The Morgan fingerprint density at radius 2 is 2.06 bits per heavy atom. The second-order valence-corrected chi connectivity index (χ2v) is 4.63. The van der Waals surface area contributed by atoms with Gasteiger partial charge in [-0.3, -0.25) is 0 Å². The molecule has 0 saturated heterocycles. The lowest BCUT2D eigenvalue weighted by Crippen LogP contribution is -2.12. The summed E-state index contributed by atoms with van der Waals surface area (Å²) in [6, 6.07) is 3.12. The van der Waals surface area contributed by atoms with Gasteiger partial charge in [-0.15, -0.1) is 0 Å². The van der Waals surface area contributed by atoms with Crippen LogP contribution in [-0.2, 0) is 13.0 Å². The molecule has 0 aliphatic carbocycles. The highest BCUT2D eigenvalue weighted by atomic mass is 19.1. The first-order valence-corrected chi connectivity index (χ1v) is 6.58. The molecule has 0 aliphatic heterocycles. The van der Waals surface area contributed by atoms with E-state index in [0.717, 1.165) is 47.2 Å². The lowest BCUT2D eigenvalue weighted by molar-refractivity contribution is 0.511. The van der Waals surface area contributed by atoms with Crippen LogP contribution in [0.25, 0.3) is 11.0 Å². The summed E-state index contributed by atoms with van der Waals surface area (Å²) in [5.74, 6) is 0.760. The third-order valence-corrected chi connectivity index (χ3v) is 3.16. The summed E-state index contributed by atoms with van der Waals surface area (Å²) in [7, 11) is 0. The molecule has 98 valence electrons. The molecule has 1 aromatic heterocycles. The Bertz CT molecular complexity index is 545. The molecule has 0 bridgehead atoms. The molecule has 2 nitrogen and oxygen atoms in total. The number of nitrogens with one attached hydrogen (secondary N) is 1. The van der Waals surface area contributed by atoms with Gasteiger partial charge < -0.3 is 9.73 Å². The molecule has 0 aliphatic rings. The number of rotatable bonds is 5. The predicted octanol–water partition coefficient (Wildman–Crippen LogP) is 3.94. The van der Waals surface area contributed by atoms with Crippen molar-refractivity contribution in [3.05, 3.63) is 34.8 Å². The molecule has 0 amide bonds. The Hall–Kier alpha value is -1.35. The van der Waals surface area contributed by atoms with Crippen molar-refractivity contribution in [2.75, 3.05) is 6.54 Å². The first-order valence-electron chi connectivity index (χ1n) is 6.58. The van der Waals surface area contributed by atoms with Gasteiger partial charge in [0.05, 0.1) is 6.54 Å². The summed E-state index contributed by atoms with van der Waals surface area (Å²) >= 11 is 0. The number of hydrogen-bond acceptors (Lipinski definition) is 2. The molecule has 18 heavy (non-hydrogen) atoms. The molecule has 0 radical (unpaired) electrons. The van der Waals surface area contributed by atoms with Crippen LogP contribution in [-0.4, -0.2) is 6.54 Å². The van der Waals surface area contributed by atoms with Gasteiger partial charge in [0.2, 0.25) is 0 Å². The molecule has 1 aromatic carbocycles. The van der Waals surface area contributed by atoms with Gasteiger partial charge in [0, 0.05) is 10.9 Å². The SMILES string of the molecule is CCCc1c(CNCC)oc2c(C)cc(F)cc12. The highest BCUT2D eigenvalue weighted by Crippen LogP contribution is 2.30. The van der Waals surface area contributed by atoms with Gasteiger partial charge in [-0.05, 0) is 37.6 Å². The summed E-state index contributed by atoms with van der Waals surface area (Å²) in [4.78, 5) is 0. The summed E-state index contributed by atoms with van der Waals surface area (Å²) in [5, 5.41) is 4.20. The first-order chi connectivity index (χ1) is 8.67. The molecule has 0 atom stereocenters. The fourth-order valence-corrected chi connectivity index (χ4v) is 2.33. The lowest BCUT2D eigenvalue weighted by atomic mass is 10.0. The Morgan fingerprint density at radius 1 is 1.28 bits per heavy atom. The lowest BCUT2D eigenvalue weighted by Gasteiger charge is -2.02. The summed E-state index contributed by atoms with van der Waals surface area (Å²) in [5.41, 5.74) is 2.84. The van der Waals surface area contributed by atoms with Crippen LogP contribution in [0.2, 0.25) is 0 Å². The van der Waals surface area contributed by atoms with E-state index in [0.29, 0.717) is 6.54 Å². The van der Waals surface area contributed by atoms with Crippen molar-refractivity contribution < 1.29 is 8.81 Å². The number of furan rings is 1. The number of benzene rings is 1. The zero-order chi connectivity index (χ0) is 13.1. The summed E-state index contributed by atoms with van der Waals surface area (Å²) < 4.78 is 19.4. The monoisotopic (exact) mass is 249 g/mol. The van der Waals surface area contributed by atoms with E-state index in [1.807, 2.05) is 6.92 Å². The van der Waals surface area contributed by atoms with E-state index in [9.17, 15) is 4.39 Å². The molecule has 0 unspecified atom stereocenters. The molecule has 2 aromatic rings. The standard InChI is InChI=1S/C15H20FNO/c1-4-6-12-13-8-11(16)7-10(3)15(13)18-14(12)9-17-5-2/h7-8,17H,4-6,9H2,1-3H3. The van der Waals surface area contributed by atoms with E-state index in [1.165, 1.54) is 6.07 Å². The van der Waals surface area contributed by atoms with Gasteiger partial charge in [-0.25, -0.2) is 4.39 Å². The maximum absolute atomic E-state index is 13.5. The van der Waals surface area contributed by atoms with E-state index in [4.69, 9.17) is 4.42 Å². The van der Waals surface area contributed by atoms with Crippen LogP contribution in [0.5, 0.6) is 0 Å². The average Bonchev–Trinajstić information content (AvgIpc) is 2.66. The smallest absolute Gasteiger partial charge is 0.137 e. The van der Waals surface area contributed by atoms with E-state index >= 15 is 0 Å². The van der Waals surface area contributed by atoms with E-state index < -0.39 is 0 Å². The minimum atomic E-state index is -0.187. The molecule has 2 rings (SSSR count). The van der Waals surface area contributed by atoms with Crippen LogP contribution >= 0.6 is 0 Å². The van der Waals surface area contributed by atoms with Crippen molar-refractivity contribution in [3.63, 3.8) is 0 Å². The van der Waals surface area contributed by atoms with Gasteiger partial charge in [0.1, 0.15) is 17.2 Å². The van der Waals surface area contributed by atoms with Crippen molar-refractivity contribution >= 4 is 11.0 Å². The third kappa shape index (κ3) is 2.41. The number of halogens is 1. The van der Waals surface area contributed by atoms with Crippen LogP contribution in [0.3, 0.4) is 0 Å². The third-order valence-electron chi connectivity index (χ3n) is 3.16. The average molecular weight is 249 g/mol. The normalized spacial score (nSPS) is 11.3. The fourth-order valence-electron chi connectivity index (χ4n) is 2.33. The molecule has 0 spiro atoms. The van der Waals surface area contributed by atoms with Crippen molar-refractivity contribution in [3.8, 4) is 0 Å². The first kappa shape index (κ1) is 13.1. The van der Waals surface area contributed by atoms with Gasteiger partial charge in [-0.1, -0.05) is 20.3 Å². The van der Waals surface area contributed by atoms with E-state index in [1.54, 1.807) is 6.07 Å². The Morgan fingerprint density at radius 3 is 2.72 bits per heavy atom. The quantitative estimate of drug-likeness (QED) is 0.868. The second-order valence-electron chi connectivity index (χ2n) is 4.63. The second kappa shape index (κ2) is 5.53. The largest absolute Gasteiger partial charge is 0.459 e. The topological polar surface area (TPSA) is 25.2 Å². The van der Waals surface area contributed by atoms with E-state index in [2.05, 4.69) is 19.2 Å². The van der Waals surface area contributed by atoms with Crippen molar-refractivity contribution in [1.82, 2.24) is 5.32 Å². The Kier molecular flexibility index (Phi) is 4.02. The minimum absolute atomic E-state index is 0.187. The summed E-state index contributed by atoms with van der Waals surface area (Å²) in [6.45, 7) is 7.69. The predicted molar refractivity (Wildman–Crippen MR) is 72.3 cm³/mol. The van der Waals surface area contributed by atoms with Crippen LogP contribution in [0.15, 0.2) is 16.5 Å². The van der Waals surface area contributed by atoms with Crippen molar-refractivity contribution in [2.24, 2.45) is 0 Å². The maximum Gasteiger partial charge on any atom is 0.137 e. The zero-order valence-corrected chi connectivity index (χ0v) is 11.3. The number of fused-ring (bicyclic) bond motifs is 1. The molecule has 0 saturated carbocycles. The van der Waals surface area contributed by atoms with Gasteiger partial charge in [-0.2, -0.15) is 0 Å². The molecular formula is C15H20FNO. The van der Waals surface area contributed by atoms with Crippen LogP contribution < -0.4 is 5.32 Å². The molecule has 1 heterocycles. The van der Waals surface area contributed by atoms with Gasteiger partial charge >= 0.3 is 0 Å². The van der Waals surface area contributed by atoms with Crippen LogP contribution in [0.1, 0.15) is 37.2 Å². The zero-order valence-electron chi connectivity index (χ0n) is 11.3. The maximum atomic E-state index is 13.5. The molecule has 1 N–H and O–H groups in total. The van der Waals surface area contributed by atoms with Gasteiger partial charge in [0.25, 0.3) is 0 Å².